The largest absolute Gasteiger partial charge is 0.309 e. The highest BCUT2D eigenvalue weighted by molar-refractivity contribution is 6.10. The second-order valence-electron chi connectivity index (χ2n) is 16.3. The molecule has 0 unspecified atom stereocenters. The predicted molar refractivity (Wildman–Crippen MR) is 252 cm³/mol. The van der Waals surface area contributed by atoms with Crippen molar-refractivity contribution in [1.29, 1.82) is 0 Å². The van der Waals surface area contributed by atoms with Crippen molar-refractivity contribution in [3.05, 3.63) is 241 Å². The van der Waals surface area contributed by atoms with Gasteiger partial charge in [0.15, 0.2) is 17.5 Å². The van der Waals surface area contributed by atoms with E-state index in [1.165, 1.54) is 55.3 Å². The van der Waals surface area contributed by atoms with E-state index in [2.05, 4.69) is 205 Å². The number of para-hydroxylation sites is 2. The summed E-state index contributed by atoms with van der Waals surface area (Å²) in [6, 6.07) is 78.5. The lowest BCUT2D eigenvalue weighted by atomic mass is 9.70. The highest BCUT2D eigenvalue weighted by Gasteiger charge is 2.51. The molecule has 4 heteroatoms. The Labute approximate surface area is 359 Å². The summed E-state index contributed by atoms with van der Waals surface area (Å²) in [5.41, 5.74) is 18.6. The lowest BCUT2D eigenvalue weighted by Gasteiger charge is -2.30. The van der Waals surface area contributed by atoms with Crippen molar-refractivity contribution in [1.82, 2.24) is 19.5 Å². The monoisotopic (exact) mass is 788 g/mol. The van der Waals surface area contributed by atoms with Crippen LogP contribution in [0.4, 0.5) is 0 Å². The third kappa shape index (κ3) is 4.98. The highest BCUT2D eigenvalue weighted by atomic mass is 15.0. The van der Waals surface area contributed by atoms with Crippen LogP contribution in [0.25, 0.3) is 95.0 Å². The number of hydrogen-bond donors (Lipinski definition) is 0. The van der Waals surface area contributed by atoms with E-state index >= 15 is 0 Å². The maximum absolute atomic E-state index is 5.24. The molecule has 1 spiro atoms. The molecule has 13 rings (SSSR count). The van der Waals surface area contributed by atoms with Gasteiger partial charge in [0.2, 0.25) is 0 Å². The lowest BCUT2D eigenvalue weighted by molar-refractivity contribution is 0.794. The van der Waals surface area contributed by atoms with Crippen LogP contribution in [-0.2, 0) is 5.41 Å². The molecule has 2 aliphatic carbocycles. The first-order valence-electron chi connectivity index (χ1n) is 21.2. The van der Waals surface area contributed by atoms with Crippen molar-refractivity contribution in [3.8, 4) is 73.2 Å². The van der Waals surface area contributed by atoms with Gasteiger partial charge in [-0.15, -0.1) is 0 Å². The van der Waals surface area contributed by atoms with Crippen LogP contribution >= 0.6 is 0 Å². The first-order valence-corrected chi connectivity index (χ1v) is 21.2. The number of benzene rings is 9. The minimum absolute atomic E-state index is 0.368. The quantitative estimate of drug-likeness (QED) is 0.174. The Bertz CT molecular complexity index is 3540. The van der Waals surface area contributed by atoms with Crippen LogP contribution in [0.1, 0.15) is 22.3 Å². The Balaban J connectivity index is 0.960. The fourth-order valence-corrected chi connectivity index (χ4v) is 10.4. The van der Waals surface area contributed by atoms with Crippen LogP contribution in [0.15, 0.2) is 218 Å². The number of fused-ring (bicyclic) bond motifs is 13. The number of aromatic nitrogens is 4. The van der Waals surface area contributed by atoms with Gasteiger partial charge in [-0.3, -0.25) is 0 Å². The Hall–Kier alpha value is -8.21. The van der Waals surface area contributed by atoms with Crippen molar-refractivity contribution in [2.24, 2.45) is 0 Å². The van der Waals surface area contributed by atoms with Gasteiger partial charge in [-0.25, -0.2) is 15.0 Å². The summed E-state index contributed by atoms with van der Waals surface area (Å²) in [6.07, 6.45) is 0. The van der Waals surface area contributed by atoms with E-state index in [9.17, 15) is 0 Å². The number of hydrogen-bond acceptors (Lipinski definition) is 3. The molecule has 9 aromatic carbocycles. The van der Waals surface area contributed by atoms with Crippen LogP contribution in [0.2, 0.25) is 0 Å². The predicted octanol–water partition coefficient (Wildman–Crippen LogP) is 14.0. The molecule has 0 fully saturated rings. The van der Waals surface area contributed by atoms with Crippen molar-refractivity contribution in [2.45, 2.75) is 5.41 Å². The zero-order chi connectivity index (χ0) is 40.8. The van der Waals surface area contributed by atoms with Crippen LogP contribution in [0.3, 0.4) is 0 Å². The van der Waals surface area contributed by atoms with E-state index in [0.717, 1.165) is 44.5 Å². The molecule has 0 aliphatic heterocycles. The molecule has 0 atom stereocenters. The van der Waals surface area contributed by atoms with E-state index in [1.807, 2.05) is 18.2 Å². The van der Waals surface area contributed by atoms with Gasteiger partial charge in [0.05, 0.1) is 16.4 Å². The molecule has 2 heterocycles. The zero-order valence-electron chi connectivity index (χ0n) is 33.6. The average molecular weight is 789 g/mol. The van der Waals surface area contributed by atoms with Crippen LogP contribution in [-0.4, -0.2) is 19.5 Å². The van der Waals surface area contributed by atoms with Gasteiger partial charge in [0.25, 0.3) is 0 Å². The molecule has 0 radical (unpaired) electrons. The van der Waals surface area contributed by atoms with E-state index in [-0.39, 0.29) is 5.41 Å². The van der Waals surface area contributed by atoms with E-state index < -0.39 is 0 Å². The zero-order valence-corrected chi connectivity index (χ0v) is 33.6. The van der Waals surface area contributed by atoms with E-state index in [1.54, 1.807) is 0 Å². The maximum Gasteiger partial charge on any atom is 0.164 e. The molecule has 0 bridgehead atoms. The minimum atomic E-state index is -0.368. The van der Waals surface area contributed by atoms with Crippen molar-refractivity contribution in [2.75, 3.05) is 0 Å². The van der Waals surface area contributed by atoms with Crippen molar-refractivity contribution in [3.63, 3.8) is 0 Å². The maximum atomic E-state index is 5.24. The Morgan fingerprint density at radius 2 is 0.758 bits per heavy atom. The smallest absolute Gasteiger partial charge is 0.164 e. The fourth-order valence-electron chi connectivity index (χ4n) is 10.4. The molecule has 0 amide bonds. The van der Waals surface area contributed by atoms with E-state index in [0.29, 0.717) is 17.5 Å². The van der Waals surface area contributed by atoms with Gasteiger partial charge in [0, 0.05) is 33.2 Å². The number of rotatable bonds is 5. The summed E-state index contributed by atoms with van der Waals surface area (Å²) in [5, 5.41) is 2.39. The molecular weight excluding hydrogens is 753 g/mol. The highest BCUT2D eigenvalue weighted by Crippen LogP contribution is 2.63. The Morgan fingerprint density at radius 3 is 1.45 bits per heavy atom. The Morgan fingerprint density at radius 1 is 0.290 bits per heavy atom. The molecule has 62 heavy (non-hydrogen) atoms. The molecule has 0 saturated carbocycles. The van der Waals surface area contributed by atoms with E-state index in [4.69, 9.17) is 15.0 Å². The van der Waals surface area contributed by atoms with Gasteiger partial charge >= 0.3 is 0 Å². The molecule has 11 aromatic rings. The summed E-state index contributed by atoms with van der Waals surface area (Å²) < 4.78 is 2.33. The standard InChI is InChI=1S/C58H36N4/c1-3-16-37(17-4-1)55-59-56(61-57(60-55)41-30-32-47-46-25-10-14-29-53(46)62(54(47)36-41)42-20-5-2-6-21-42)40-19-15-18-38(34-40)39-31-33-52-48(35-39)45-24-9-13-28-51(45)58(52)49-26-11-7-22-43(49)44-23-8-12-27-50(44)58/h1-36H. The minimum Gasteiger partial charge on any atom is -0.309 e. The van der Waals surface area contributed by atoms with Gasteiger partial charge < -0.3 is 4.57 Å². The summed E-state index contributed by atoms with van der Waals surface area (Å²) in [7, 11) is 0. The number of nitrogens with zero attached hydrogens (tertiary/aromatic N) is 4. The van der Waals surface area contributed by atoms with Gasteiger partial charge in [0.1, 0.15) is 0 Å². The lowest BCUT2D eigenvalue weighted by Crippen LogP contribution is -2.25. The van der Waals surface area contributed by atoms with Crippen LogP contribution in [0, 0.1) is 0 Å². The second-order valence-corrected chi connectivity index (χ2v) is 16.3. The van der Waals surface area contributed by atoms with Crippen LogP contribution in [0.5, 0.6) is 0 Å². The SMILES string of the molecule is c1ccc(-c2nc(-c3cccc(-c4ccc5c(c4)-c4ccccc4C54c5ccccc5-c5ccccc54)c3)nc(-c3ccc4c5ccccc5n(-c5ccccc5)c4c3)n2)cc1. The first-order chi connectivity index (χ1) is 30.7. The third-order valence-corrected chi connectivity index (χ3v) is 13.1. The van der Waals surface area contributed by atoms with Gasteiger partial charge in [-0.1, -0.05) is 182 Å². The molecular formula is C58H36N4. The summed E-state index contributed by atoms with van der Waals surface area (Å²) in [6.45, 7) is 0. The fraction of sp³-hybridized carbons (Fsp3) is 0.0172. The average Bonchev–Trinajstić information content (AvgIpc) is 3.96. The normalized spacial score (nSPS) is 13.0. The molecule has 288 valence electrons. The molecule has 2 aromatic heterocycles. The molecule has 0 saturated heterocycles. The second kappa shape index (κ2) is 13.4. The van der Waals surface area contributed by atoms with Crippen molar-refractivity contribution >= 4 is 21.8 Å². The Kier molecular flexibility index (Phi) is 7.49. The topological polar surface area (TPSA) is 43.6 Å². The van der Waals surface area contributed by atoms with Crippen LogP contribution < -0.4 is 0 Å². The summed E-state index contributed by atoms with van der Waals surface area (Å²) in [4.78, 5) is 15.5. The summed E-state index contributed by atoms with van der Waals surface area (Å²) in [5.74, 6) is 1.89. The van der Waals surface area contributed by atoms with Gasteiger partial charge in [-0.05, 0) is 92.0 Å². The van der Waals surface area contributed by atoms with Gasteiger partial charge in [-0.2, -0.15) is 0 Å². The van der Waals surface area contributed by atoms with Crippen molar-refractivity contribution < 1.29 is 0 Å². The molecule has 0 N–H and O–H groups in total. The summed E-state index contributed by atoms with van der Waals surface area (Å²) >= 11 is 0. The molecule has 2 aliphatic rings. The first kappa shape index (κ1) is 34.6. The third-order valence-electron chi connectivity index (χ3n) is 13.1. The molecule has 4 nitrogen and oxygen atoms in total.